The van der Waals surface area contributed by atoms with Crippen molar-refractivity contribution >= 4 is 62.1 Å². The predicted molar refractivity (Wildman–Crippen MR) is 241 cm³/mol. The van der Waals surface area contributed by atoms with E-state index in [1.165, 1.54) is 20.5 Å². The number of ether oxygens (including phenoxy) is 2. The summed E-state index contributed by atoms with van der Waals surface area (Å²) in [5.41, 5.74) is 0.233. The Morgan fingerprint density at radius 2 is 1.90 bits per heavy atom. The highest BCUT2D eigenvalue weighted by Crippen LogP contribution is 2.45. The Morgan fingerprint density at radius 3 is 2.60 bits per heavy atom. The minimum Gasteiger partial charge on any atom is -0.497 e. The summed E-state index contributed by atoms with van der Waals surface area (Å²) in [4.78, 5) is 66.7. The van der Waals surface area contributed by atoms with Gasteiger partial charge in [0, 0.05) is 67.0 Å². The first-order valence-electron chi connectivity index (χ1n) is 21.6. The number of thiazole rings is 1. The fourth-order valence-corrected chi connectivity index (χ4v) is 9.49. The van der Waals surface area contributed by atoms with Crippen molar-refractivity contribution in [3.63, 3.8) is 0 Å². The number of hydrogen-bond acceptors (Lipinski definition) is 13. The van der Waals surface area contributed by atoms with Crippen molar-refractivity contribution in [2.75, 3.05) is 45.7 Å². The lowest BCUT2D eigenvalue weighted by Gasteiger charge is -2.31. The van der Waals surface area contributed by atoms with E-state index >= 15 is 0 Å². The highest BCUT2D eigenvalue weighted by molar-refractivity contribution is 7.69. The number of amides is 4. The predicted octanol–water partition coefficient (Wildman–Crippen LogP) is 3.76. The molecule has 6 N–H and O–H groups in total. The Morgan fingerprint density at radius 1 is 1.11 bits per heavy atom. The van der Waals surface area contributed by atoms with E-state index in [1.54, 1.807) is 32.4 Å². The summed E-state index contributed by atoms with van der Waals surface area (Å²) in [7, 11) is 0.367. The second kappa shape index (κ2) is 21.1. The molecule has 344 valence electrons. The maximum Gasteiger partial charge on any atom is 0.330 e. The molecule has 2 fully saturated rings. The van der Waals surface area contributed by atoms with E-state index in [2.05, 4.69) is 26.6 Å². The number of benzene rings is 1. The first kappa shape index (κ1) is 47.4. The fourth-order valence-electron chi connectivity index (χ4n) is 8.06. The van der Waals surface area contributed by atoms with Crippen molar-refractivity contribution in [2.45, 2.75) is 108 Å². The van der Waals surface area contributed by atoms with Crippen molar-refractivity contribution in [3.8, 4) is 22.9 Å². The van der Waals surface area contributed by atoms with Crippen LogP contribution in [0.25, 0.3) is 22.3 Å². The third-order valence-corrected chi connectivity index (χ3v) is 13.4. The van der Waals surface area contributed by atoms with Gasteiger partial charge in [0.1, 0.15) is 40.9 Å². The highest BCUT2D eigenvalue weighted by Gasteiger charge is 2.61. The van der Waals surface area contributed by atoms with Crippen LogP contribution in [0.4, 0.5) is 9.93 Å². The molecular weight excluding hydrogens is 851 g/mol. The molecule has 2 aromatic heterocycles. The first-order valence-corrected chi connectivity index (χ1v) is 23.6. The molecule has 0 bridgehead atoms. The molecule has 20 heteroatoms. The third kappa shape index (κ3) is 11.8. The molecule has 0 spiro atoms. The monoisotopic (exact) mass is 911 g/mol. The molecular formula is C43H61N9O9S2. The molecule has 6 rings (SSSR count). The number of nitrogens with one attached hydrogen (secondary N) is 5. The van der Waals surface area contributed by atoms with Crippen LogP contribution in [0.1, 0.15) is 72.6 Å². The number of allylic oxidation sites excluding steroid dienone is 1. The molecule has 4 amide bonds. The number of aliphatic carboxylic acids is 1. The highest BCUT2D eigenvalue weighted by atomic mass is 32.2. The molecule has 4 heterocycles. The van der Waals surface area contributed by atoms with Gasteiger partial charge in [0.05, 0.1) is 24.9 Å². The summed E-state index contributed by atoms with van der Waals surface area (Å²) >= 11 is 1.45. The number of nitrogens with zero attached hydrogens (tertiary/aromatic N) is 4. The zero-order valence-electron chi connectivity index (χ0n) is 36.7. The number of hydrogen-bond donors (Lipinski definition) is 7. The minimum atomic E-state index is -2.92. The van der Waals surface area contributed by atoms with Crippen molar-refractivity contribution in [1.82, 2.24) is 40.4 Å². The Labute approximate surface area is 374 Å². The van der Waals surface area contributed by atoms with E-state index in [-0.39, 0.29) is 50.9 Å². The summed E-state index contributed by atoms with van der Waals surface area (Å²) in [6.07, 6.45) is 6.38. The summed E-state index contributed by atoms with van der Waals surface area (Å²) < 4.78 is 37.7. The SMILES string of the molecule is CNCCN(C[C@@H](NC(=O)N[C@H]1CCCCC/C=C\C2C[C@@]2(C(=O)O)NC(=O)[C@@H]2C[C@@H](Oc3cc(-c4csc(NC(C)C)n4)nc4cc(OC)ccc34)CN2C1=O)C(C)C)[SH](=O)=O. The van der Waals surface area contributed by atoms with Gasteiger partial charge in [0.25, 0.3) is 0 Å². The lowest BCUT2D eigenvalue weighted by atomic mass is 10.0. The maximum atomic E-state index is 14.8. The van der Waals surface area contributed by atoms with E-state index in [9.17, 15) is 32.7 Å². The lowest BCUT2D eigenvalue weighted by molar-refractivity contribution is -0.145. The van der Waals surface area contributed by atoms with Crippen LogP contribution in [0.15, 0.2) is 41.8 Å². The Hall–Kier alpha value is -5.05. The van der Waals surface area contributed by atoms with Gasteiger partial charge in [-0.15, -0.1) is 11.3 Å². The van der Waals surface area contributed by atoms with Gasteiger partial charge >= 0.3 is 12.0 Å². The van der Waals surface area contributed by atoms with Crippen LogP contribution in [-0.4, -0.2) is 133 Å². The molecule has 3 aromatic rings. The number of urea groups is 1. The van der Waals surface area contributed by atoms with E-state index in [1.807, 2.05) is 51.3 Å². The van der Waals surface area contributed by atoms with Gasteiger partial charge < -0.3 is 46.1 Å². The number of carbonyl (C=O) groups is 4. The smallest absolute Gasteiger partial charge is 0.330 e. The molecule has 0 radical (unpaired) electrons. The van der Waals surface area contributed by atoms with E-state index in [0.29, 0.717) is 53.2 Å². The molecule has 1 saturated carbocycles. The lowest BCUT2D eigenvalue weighted by Crippen LogP contribution is -2.58. The van der Waals surface area contributed by atoms with Gasteiger partial charge in [-0.2, -0.15) is 0 Å². The Bertz CT molecular complexity index is 2230. The number of likely N-dealkylation sites (N-methyl/N-ethyl adjacent to an activating group) is 1. The average Bonchev–Trinajstić information content (AvgIpc) is 3.50. The largest absolute Gasteiger partial charge is 0.497 e. The normalized spacial score (nSPS) is 24.0. The molecule has 3 aliphatic rings. The molecule has 63 heavy (non-hydrogen) atoms. The minimum absolute atomic E-state index is 0.0341. The number of carbonyl (C=O) groups excluding carboxylic acids is 3. The summed E-state index contributed by atoms with van der Waals surface area (Å²) in [6, 6.07) is 3.93. The maximum absolute atomic E-state index is 14.8. The van der Waals surface area contributed by atoms with Crippen LogP contribution in [-0.2, 0) is 25.3 Å². The number of rotatable bonds is 16. The molecule has 18 nitrogen and oxygen atoms in total. The zero-order valence-corrected chi connectivity index (χ0v) is 38.4. The first-order chi connectivity index (χ1) is 30.1. The van der Waals surface area contributed by atoms with Crippen LogP contribution >= 0.6 is 11.3 Å². The molecule has 2 aliphatic heterocycles. The second-order valence-electron chi connectivity index (χ2n) is 17.1. The van der Waals surface area contributed by atoms with E-state index in [4.69, 9.17) is 19.4 Å². The van der Waals surface area contributed by atoms with Crippen molar-refractivity contribution in [2.24, 2.45) is 11.8 Å². The average molecular weight is 912 g/mol. The van der Waals surface area contributed by atoms with Gasteiger partial charge in [-0.1, -0.05) is 38.8 Å². The van der Waals surface area contributed by atoms with Gasteiger partial charge in [-0.05, 0) is 64.6 Å². The molecule has 1 aliphatic carbocycles. The number of carboxylic acid groups (broad SMARTS) is 1. The van der Waals surface area contributed by atoms with Crippen molar-refractivity contribution in [1.29, 1.82) is 0 Å². The standard InChI is InChI=1S/C43H61N9O9S2/c1-25(2)34(23-51(63(58)59)17-16-44-5)48-41(57)47-31-13-11-9-7-8-10-12-27-21-43(27,40(55)56)50-38(53)36-19-29(22-52(36)39(31)54)61-37-20-33(35-24-62-42(49-35)45-26(3)4)46-32-18-28(60-6)14-15-30(32)37/h10,12,14-15,18,20,24-27,29,31,34,36,44,63H,7-9,11,13,16-17,19,21-23H2,1-6H3,(H,45,49)(H,50,53)(H,55,56)(H2,47,48,57)/b12-10-/t27?,29-,31+,34-,36+,43-/m1/s1. The van der Waals surface area contributed by atoms with Crippen LogP contribution in [0.3, 0.4) is 0 Å². The number of methoxy groups -OCH3 is 1. The third-order valence-electron chi connectivity index (χ3n) is 11.8. The number of thiol groups is 1. The van der Waals surface area contributed by atoms with Gasteiger partial charge in [0.2, 0.25) is 22.7 Å². The van der Waals surface area contributed by atoms with Crippen LogP contribution in [0.5, 0.6) is 11.5 Å². The van der Waals surface area contributed by atoms with Crippen LogP contribution in [0, 0.1) is 11.8 Å². The summed E-state index contributed by atoms with van der Waals surface area (Å²) in [5, 5.41) is 28.5. The topological polar surface area (TPSA) is 234 Å². The molecule has 1 aromatic carbocycles. The molecule has 1 unspecified atom stereocenters. The van der Waals surface area contributed by atoms with Crippen LogP contribution < -0.4 is 36.1 Å². The quantitative estimate of drug-likeness (QED) is 0.0803. The van der Waals surface area contributed by atoms with Gasteiger partial charge in [0.15, 0.2) is 5.13 Å². The Kier molecular flexibility index (Phi) is 15.9. The Balaban J connectivity index is 1.31. The van der Waals surface area contributed by atoms with E-state index < -0.39 is 70.4 Å². The number of carboxylic acids is 1. The zero-order chi connectivity index (χ0) is 45.4. The number of anilines is 1. The number of fused-ring (bicyclic) bond motifs is 3. The van der Waals surface area contributed by atoms with Crippen molar-refractivity contribution in [3.05, 3.63) is 41.8 Å². The van der Waals surface area contributed by atoms with Crippen molar-refractivity contribution < 1.29 is 42.2 Å². The summed E-state index contributed by atoms with van der Waals surface area (Å²) in [5.74, 6) is -1.82. The number of pyridine rings is 1. The van der Waals surface area contributed by atoms with Gasteiger partial charge in [-0.25, -0.2) is 32.3 Å². The summed E-state index contributed by atoms with van der Waals surface area (Å²) in [6.45, 7) is 8.42. The second-order valence-corrected chi connectivity index (χ2v) is 19.0. The van der Waals surface area contributed by atoms with E-state index in [0.717, 1.165) is 18.0 Å². The fraction of sp³-hybridized carbons (Fsp3) is 0.581. The van der Waals surface area contributed by atoms with Crippen LogP contribution in [0.2, 0.25) is 0 Å². The molecule has 1 saturated heterocycles. The van der Waals surface area contributed by atoms with Gasteiger partial charge in [-0.3, -0.25) is 9.59 Å². The number of aromatic nitrogens is 2. The molecule has 6 atom stereocenters.